The Labute approximate surface area is 136 Å². The Hall–Kier alpha value is -1.32. The number of aliphatic hydroxyl groups is 1. The number of rotatable bonds is 4. The van der Waals surface area contributed by atoms with E-state index in [0.29, 0.717) is 11.6 Å². The summed E-state index contributed by atoms with van der Waals surface area (Å²) >= 11 is 8.47. The second kappa shape index (κ2) is 6.84. The maximum Gasteiger partial charge on any atom is 0.430 e. The van der Waals surface area contributed by atoms with Crippen LogP contribution in [-0.2, 0) is 14.3 Å². The van der Waals surface area contributed by atoms with Crippen molar-refractivity contribution in [2.45, 2.75) is 17.2 Å². The van der Waals surface area contributed by atoms with Crippen LogP contribution >= 0.6 is 27.5 Å². The molecule has 1 rings (SSSR count). The van der Waals surface area contributed by atoms with Gasteiger partial charge >= 0.3 is 12.1 Å². The van der Waals surface area contributed by atoms with E-state index in [4.69, 9.17) is 11.6 Å². The number of hydrogen-bond donors (Lipinski definition) is 2. The van der Waals surface area contributed by atoms with Gasteiger partial charge in [0.1, 0.15) is 0 Å². The predicted molar refractivity (Wildman–Crippen MR) is 75.4 cm³/mol. The molecule has 2 atom stereocenters. The molecule has 0 aromatic heterocycles. The van der Waals surface area contributed by atoms with Crippen LogP contribution in [-0.4, -0.2) is 41.2 Å². The monoisotopic (exact) mass is 403 g/mol. The molecule has 0 saturated heterocycles. The van der Waals surface area contributed by atoms with Crippen LogP contribution in [0.2, 0.25) is 0 Å². The first-order chi connectivity index (χ1) is 10.1. The molecule has 22 heavy (non-hydrogen) atoms. The number of para-hydroxylation sites is 1. The molecule has 0 unspecified atom stereocenters. The van der Waals surface area contributed by atoms with Crippen LogP contribution in [0.3, 0.4) is 0 Å². The van der Waals surface area contributed by atoms with Crippen molar-refractivity contribution >= 4 is 45.1 Å². The molecule has 1 amide bonds. The van der Waals surface area contributed by atoms with Gasteiger partial charge in [0.2, 0.25) is 5.91 Å². The van der Waals surface area contributed by atoms with E-state index in [1.807, 2.05) is 0 Å². The molecule has 2 N–H and O–H groups in total. The van der Waals surface area contributed by atoms with Gasteiger partial charge in [0.25, 0.3) is 5.60 Å². The summed E-state index contributed by atoms with van der Waals surface area (Å²) < 4.78 is 43.1. The van der Waals surface area contributed by atoms with Crippen molar-refractivity contribution in [3.8, 4) is 0 Å². The van der Waals surface area contributed by atoms with Crippen LogP contribution in [0.4, 0.5) is 18.9 Å². The molecule has 0 heterocycles. The fourth-order valence-electron chi connectivity index (χ4n) is 1.47. The predicted octanol–water partition coefficient (Wildman–Crippen LogP) is 2.46. The molecule has 0 spiro atoms. The van der Waals surface area contributed by atoms with Crippen molar-refractivity contribution in [2.24, 2.45) is 0 Å². The van der Waals surface area contributed by atoms with Crippen molar-refractivity contribution in [3.05, 3.63) is 28.7 Å². The fourth-order valence-corrected chi connectivity index (χ4v) is 2.12. The first kappa shape index (κ1) is 18.7. The van der Waals surface area contributed by atoms with Crippen LogP contribution in [0.5, 0.6) is 0 Å². The fraction of sp³-hybridized carbons (Fsp3) is 0.333. The number of anilines is 1. The lowest BCUT2D eigenvalue weighted by molar-refractivity contribution is -0.260. The van der Waals surface area contributed by atoms with Crippen LogP contribution < -0.4 is 5.32 Å². The van der Waals surface area contributed by atoms with Crippen molar-refractivity contribution in [3.63, 3.8) is 0 Å². The molecule has 122 valence electrons. The Morgan fingerprint density at radius 1 is 1.36 bits per heavy atom. The SMILES string of the molecule is COC(=O)[C@@](O)([C@@H](Cl)C(=O)Nc1ccccc1Br)C(F)(F)F. The Morgan fingerprint density at radius 3 is 2.36 bits per heavy atom. The molecule has 0 aliphatic carbocycles. The van der Waals surface area contributed by atoms with Crippen LogP contribution in [0.15, 0.2) is 28.7 Å². The lowest BCUT2D eigenvalue weighted by Crippen LogP contribution is -2.62. The zero-order valence-electron chi connectivity index (χ0n) is 10.9. The summed E-state index contributed by atoms with van der Waals surface area (Å²) in [4.78, 5) is 23.1. The third-order valence-corrected chi connectivity index (χ3v) is 3.86. The van der Waals surface area contributed by atoms with E-state index in [-0.39, 0.29) is 5.69 Å². The quantitative estimate of drug-likeness (QED) is 0.597. The van der Waals surface area contributed by atoms with Gasteiger partial charge in [0.15, 0.2) is 5.38 Å². The Kier molecular flexibility index (Phi) is 5.82. The molecule has 0 radical (unpaired) electrons. The number of benzene rings is 1. The van der Waals surface area contributed by atoms with Gasteiger partial charge in [-0.05, 0) is 28.1 Å². The van der Waals surface area contributed by atoms with E-state index in [1.54, 1.807) is 6.07 Å². The van der Waals surface area contributed by atoms with E-state index >= 15 is 0 Å². The minimum atomic E-state index is -5.50. The molecule has 5 nitrogen and oxygen atoms in total. The van der Waals surface area contributed by atoms with E-state index in [0.717, 1.165) is 0 Å². The maximum absolute atomic E-state index is 12.9. The minimum absolute atomic E-state index is 0.118. The third kappa shape index (κ3) is 3.53. The van der Waals surface area contributed by atoms with Crippen molar-refractivity contribution < 1.29 is 32.6 Å². The summed E-state index contributed by atoms with van der Waals surface area (Å²) in [6.07, 6.45) is -5.50. The lowest BCUT2D eigenvalue weighted by atomic mass is 9.98. The maximum atomic E-state index is 12.9. The van der Waals surface area contributed by atoms with Gasteiger partial charge < -0.3 is 15.2 Å². The minimum Gasteiger partial charge on any atom is -0.467 e. The first-order valence-electron chi connectivity index (χ1n) is 5.62. The van der Waals surface area contributed by atoms with Gasteiger partial charge in [-0.25, -0.2) is 4.79 Å². The van der Waals surface area contributed by atoms with Crippen LogP contribution in [0.25, 0.3) is 0 Å². The van der Waals surface area contributed by atoms with Gasteiger partial charge in [-0.15, -0.1) is 11.6 Å². The second-order valence-corrected chi connectivity index (χ2v) is 5.38. The summed E-state index contributed by atoms with van der Waals surface area (Å²) in [5, 5.41) is 9.03. The highest BCUT2D eigenvalue weighted by Crippen LogP contribution is 2.37. The van der Waals surface area contributed by atoms with Crippen molar-refractivity contribution in [1.29, 1.82) is 0 Å². The van der Waals surface area contributed by atoms with Crippen LogP contribution in [0.1, 0.15) is 0 Å². The van der Waals surface area contributed by atoms with Gasteiger partial charge in [-0.3, -0.25) is 4.79 Å². The average Bonchev–Trinajstić information content (AvgIpc) is 2.45. The summed E-state index contributed by atoms with van der Waals surface area (Å²) in [5.41, 5.74) is -4.05. The molecular weight excluding hydrogens is 394 g/mol. The van der Waals surface area contributed by atoms with Gasteiger partial charge in [-0.2, -0.15) is 13.2 Å². The molecule has 10 heteroatoms. The highest BCUT2D eigenvalue weighted by molar-refractivity contribution is 9.10. The van der Waals surface area contributed by atoms with Gasteiger partial charge in [0.05, 0.1) is 12.8 Å². The highest BCUT2D eigenvalue weighted by atomic mass is 79.9. The summed E-state index contributed by atoms with van der Waals surface area (Å²) in [7, 11) is 0.633. The Bertz CT molecular complexity index is 584. The number of ether oxygens (including phenoxy) is 1. The number of esters is 1. The largest absolute Gasteiger partial charge is 0.467 e. The van der Waals surface area contributed by atoms with Crippen molar-refractivity contribution in [1.82, 2.24) is 0 Å². The van der Waals surface area contributed by atoms with E-state index in [9.17, 15) is 27.9 Å². The molecule has 0 bridgehead atoms. The molecule has 0 aliphatic rings. The standard InChI is InChI=1S/C12H10BrClF3NO4/c1-22-10(20)11(21,12(15,16)17)8(14)9(19)18-7-5-3-2-4-6(7)13/h2-5,8,21H,1H3,(H,18,19)/t8-,11-/m0/s1. The molecule has 0 aliphatic heterocycles. The molecule has 0 fully saturated rings. The molecule has 1 aromatic carbocycles. The second-order valence-electron chi connectivity index (χ2n) is 4.09. The smallest absolute Gasteiger partial charge is 0.430 e. The average molecular weight is 405 g/mol. The summed E-state index contributed by atoms with van der Waals surface area (Å²) in [6, 6.07) is 6.03. The van der Waals surface area contributed by atoms with Gasteiger partial charge in [-0.1, -0.05) is 12.1 Å². The zero-order chi connectivity index (χ0) is 17.1. The Morgan fingerprint density at radius 2 is 1.91 bits per heavy atom. The number of hydrogen-bond acceptors (Lipinski definition) is 4. The number of carbonyl (C=O) groups excluding carboxylic acids is 2. The summed E-state index contributed by atoms with van der Waals surface area (Å²) in [6.45, 7) is 0. The van der Waals surface area contributed by atoms with E-state index < -0.39 is 29.0 Å². The molecular formula is C12H10BrClF3NO4. The number of amides is 1. The van der Waals surface area contributed by atoms with E-state index in [2.05, 4.69) is 26.0 Å². The number of methoxy groups -OCH3 is 1. The first-order valence-corrected chi connectivity index (χ1v) is 6.85. The zero-order valence-corrected chi connectivity index (χ0v) is 13.3. The third-order valence-electron chi connectivity index (χ3n) is 2.66. The topological polar surface area (TPSA) is 75.6 Å². The highest BCUT2D eigenvalue weighted by Gasteiger charge is 2.67. The molecule has 0 saturated carbocycles. The lowest BCUT2D eigenvalue weighted by Gasteiger charge is -2.30. The van der Waals surface area contributed by atoms with E-state index in [1.165, 1.54) is 18.2 Å². The normalized spacial score (nSPS) is 15.6. The molecule has 1 aromatic rings. The van der Waals surface area contributed by atoms with Crippen molar-refractivity contribution in [2.75, 3.05) is 12.4 Å². The summed E-state index contributed by atoms with van der Waals surface area (Å²) in [5.74, 6) is -3.50. The van der Waals surface area contributed by atoms with Crippen LogP contribution in [0, 0.1) is 0 Å². The number of halogens is 5. The number of carbonyl (C=O) groups is 2. The van der Waals surface area contributed by atoms with Gasteiger partial charge in [0, 0.05) is 4.47 Å². The number of alkyl halides is 4. The Balaban J connectivity index is 3.10. The number of nitrogens with one attached hydrogen (secondary N) is 1.